The lowest BCUT2D eigenvalue weighted by molar-refractivity contribution is 0.0443. The SMILES string of the molecule is C(#CCN1CCOCC1)COCC#Cc1ccccc1.Cl. The fraction of sp³-hybridized carbons (Fsp3) is 0.412. The minimum Gasteiger partial charge on any atom is -0.379 e. The molecule has 0 bridgehead atoms. The Morgan fingerprint density at radius 1 is 1.00 bits per heavy atom. The second-order valence-corrected chi connectivity index (χ2v) is 4.40. The van der Waals surface area contributed by atoms with Crippen LogP contribution in [0.1, 0.15) is 5.56 Å². The van der Waals surface area contributed by atoms with Crippen molar-refractivity contribution < 1.29 is 9.47 Å². The second-order valence-electron chi connectivity index (χ2n) is 4.40. The van der Waals surface area contributed by atoms with Crippen molar-refractivity contribution in [2.45, 2.75) is 0 Å². The molecule has 0 atom stereocenters. The number of halogens is 1. The molecule has 1 aliphatic rings. The van der Waals surface area contributed by atoms with Crippen molar-refractivity contribution in [2.75, 3.05) is 46.1 Å². The molecule has 0 spiro atoms. The predicted octanol–water partition coefficient (Wildman–Crippen LogP) is 1.81. The van der Waals surface area contributed by atoms with Gasteiger partial charge in [0.1, 0.15) is 13.2 Å². The van der Waals surface area contributed by atoms with Gasteiger partial charge in [-0.05, 0) is 12.1 Å². The van der Waals surface area contributed by atoms with Crippen LogP contribution < -0.4 is 0 Å². The van der Waals surface area contributed by atoms with Crippen molar-refractivity contribution in [3.63, 3.8) is 0 Å². The summed E-state index contributed by atoms with van der Waals surface area (Å²) in [6.45, 7) is 5.22. The third-order valence-electron chi connectivity index (χ3n) is 2.89. The Labute approximate surface area is 133 Å². The molecule has 0 aromatic heterocycles. The maximum absolute atomic E-state index is 5.35. The van der Waals surface area contributed by atoms with Gasteiger partial charge in [-0.15, -0.1) is 12.4 Å². The van der Waals surface area contributed by atoms with Crippen LogP contribution in [0.2, 0.25) is 0 Å². The van der Waals surface area contributed by atoms with Crippen LogP contribution in [0.3, 0.4) is 0 Å². The Hall–Kier alpha value is -1.49. The normalized spacial score (nSPS) is 14.1. The molecule has 1 fully saturated rings. The molecule has 1 aromatic rings. The molecular weight excluding hydrogens is 286 g/mol. The van der Waals surface area contributed by atoms with E-state index in [0.29, 0.717) is 13.2 Å². The summed E-state index contributed by atoms with van der Waals surface area (Å²) in [7, 11) is 0. The quantitative estimate of drug-likeness (QED) is 0.628. The first-order chi connectivity index (χ1) is 9.95. The van der Waals surface area contributed by atoms with Crippen molar-refractivity contribution in [1.29, 1.82) is 0 Å². The summed E-state index contributed by atoms with van der Waals surface area (Å²) < 4.78 is 10.6. The number of morpholine rings is 1. The van der Waals surface area contributed by atoms with E-state index in [-0.39, 0.29) is 12.4 Å². The fourth-order valence-electron chi connectivity index (χ4n) is 1.79. The maximum atomic E-state index is 5.35. The van der Waals surface area contributed by atoms with E-state index in [2.05, 4.69) is 28.6 Å². The average molecular weight is 306 g/mol. The van der Waals surface area contributed by atoms with Crippen molar-refractivity contribution in [1.82, 2.24) is 4.90 Å². The number of nitrogens with zero attached hydrogens (tertiary/aromatic N) is 1. The van der Waals surface area contributed by atoms with Crippen molar-refractivity contribution in [3.05, 3.63) is 35.9 Å². The van der Waals surface area contributed by atoms with Crippen LogP contribution in [0, 0.1) is 23.7 Å². The van der Waals surface area contributed by atoms with Gasteiger partial charge in [0.05, 0.1) is 19.8 Å². The van der Waals surface area contributed by atoms with Crippen LogP contribution in [-0.4, -0.2) is 51.0 Å². The zero-order valence-electron chi connectivity index (χ0n) is 12.0. The number of benzene rings is 1. The van der Waals surface area contributed by atoms with Gasteiger partial charge < -0.3 is 9.47 Å². The minimum absolute atomic E-state index is 0. The van der Waals surface area contributed by atoms with Crippen LogP contribution in [-0.2, 0) is 9.47 Å². The van der Waals surface area contributed by atoms with Crippen molar-refractivity contribution in [2.24, 2.45) is 0 Å². The lowest BCUT2D eigenvalue weighted by atomic mass is 10.2. The molecule has 112 valence electrons. The molecule has 1 saturated heterocycles. The van der Waals surface area contributed by atoms with Gasteiger partial charge in [-0.3, -0.25) is 4.90 Å². The molecule has 4 heteroatoms. The molecule has 0 radical (unpaired) electrons. The summed E-state index contributed by atoms with van der Waals surface area (Å²) in [5, 5.41) is 0. The summed E-state index contributed by atoms with van der Waals surface area (Å²) in [5.74, 6) is 12.1. The van der Waals surface area contributed by atoms with Crippen molar-refractivity contribution in [3.8, 4) is 23.7 Å². The molecule has 3 nitrogen and oxygen atoms in total. The Balaban J connectivity index is 0.00000220. The summed E-state index contributed by atoms with van der Waals surface area (Å²) >= 11 is 0. The highest BCUT2D eigenvalue weighted by Gasteiger charge is 2.07. The summed E-state index contributed by atoms with van der Waals surface area (Å²) in [4.78, 5) is 2.28. The van der Waals surface area contributed by atoms with E-state index in [4.69, 9.17) is 9.47 Å². The Kier molecular flexibility index (Phi) is 9.37. The number of rotatable bonds is 3. The van der Waals surface area contributed by atoms with E-state index in [9.17, 15) is 0 Å². The monoisotopic (exact) mass is 305 g/mol. The zero-order valence-corrected chi connectivity index (χ0v) is 12.8. The fourth-order valence-corrected chi connectivity index (χ4v) is 1.79. The number of hydrogen-bond donors (Lipinski definition) is 0. The molecule has 2 rings (SSSR count). The molecule has 0 saturated carbocycles. The average Bonchev–Trinajstić information content (AvgIpc) is 2.52. The molecule has 21 heavy (non-hydrogen) atoms. The molecule has 0 amide bonds. The van der Waals surface area contributed by atoms with Gasteiger partial charge in [0, 0.05) is 18.7 Å². The minimum atomic E-state index is 0. The van der Waals surface area contributed by atoms with Gasteiger partial charge in [0.25, 0.3) is 0 Å². The van der Waals surface area contributed by atoms with E-state index in [0.717, 1.165) is 38.4 Å². The molecular formula is C17H20ClNO2. The highest BCUT2D eigenvalue weighted by molar-refractivity contribution is 5.85. The molecule has 1 heterocycles. The van der Waals surface area contributed by atoms with E-state index >= 15 is 0 Å². The molecule has 0 unspecified atom stereocenters. The Bertz CT molecular complexity index is 504. The van der Waals surface area contributed by atoms with Gasteiger partial charge >= 0.3 is 0 Å². The van der Waals surface area contributed by atoms with Gasteiger partial charge in [-0.25, -0.2) is 0 Å². The second kappa shape index (κ2) is 11.2. The third-order valence-corrected chi connectivity index (χ3v) is 2.89. The third kappa shape index (κ3) is 7.75. The van der Waals surface area contributed by atoms with Gasteiger partial charge in [-0.2, -0.15) is 0 Å². The van der Waals surface area contributed by atoms with E-state index in [1.807, 2.05) is 30.3 Å². The molecule has 0 N–H and O–H groups in total. The first-order valence-corrected chi connectivity index (χ1v) is 6.82. The summed E-state index contributed by atoms with van der Waals surface area (Å²) in [6.07, 6.45) is 0. The van der Waals surface area contributed by atoms with Gasteiger partial charge in [0.2, 0.25) is 0 Å². The zero-order chi connectivity index (χ0) is 13.9. The highest BCUT2D eigenvalue weighted by Crippen LogP contribution is 1.95. The summed E-state index contributed by atoms with van der Waals surface area (Å²) in [5.41, 5.74) is 1.01. The first-order valence-electron chi connectivity index (χ1n) is 6.82. The van der Waals surface area contributed by atoms with Crippen LogP contribution in [0.15, 0.2) is 30.3 Å². The number of ether oxygens (including phenoxy) is 2. The van der Waals surface area contributed by atoms with Crippen LogP contribution in [0.25, 0.3) is 0 Å². The highest BCUT2D eigenvalue weighted by atomic mass is 35.5. The van der Waals surface area contributed by atoms with Crippen LogP contribution in [0.5, 0.6) is 0 Å². The Morgan fingerprint density at radius 2 is 1.71 bits per heavy atom. The lowest BCUT2D eigenvalue weighted by Gasteiger charge is -2.24. The van der Waals surface area contributed by atoms with Crippen LogP contribution in [0.4, 0.5) is 0 Å². The first kappa shape index (κ1) is 17.6. The number of hydrogen-bond acceptors (Lipinski definition) is 3. The summed E-state index contributed by atoms with van der Waals surface area (Å²) in [6, 6.07) is 9.89. The smallest absolute Gasteiger partial charge is 0.109 e. The standard InChI is InChI=1S/C17H19NO2.ClH/c1-2-7-17(8-3-1)9-6-14-19-13-5-4-10-18-11-15-20-16-12-18;/h1-3,7-8H,10-16H2;1H. The molecule has 1 aliphatic heterocycles. The van der Waals surface area contributed by atoms with Gasteiger partial charge in [0.15, 0.2) is 0 Å². The maximum Gasteiger partial charge on any atom is 0.109 e. The van der Waals surface area contributed by atoms with Gasteiger partial charge in [-0.1, -0.05) is 41.9 Å². The predicted molar refractivity (Wildman–Crippen MR) is 86.4 cm³/mol. The van der Waals surface area contributed by atoms with Crippen molar-refractivity contribution >= 4 is 12.4 Å². The lowest BCUT2D eigenvalue weighted by Crippen LogP contribution is -2.36. The molecule has 0 aliphatic carbocycles. The largest absolute Gasteiger partial charge is 0.379 e. The molecule has 1 aromatic carbocycles. The van der Waals surface area contributed by atoms with E-state index in [1.165, 1.54) is 0 Å². The van der Waals surface area contributed by atoms with E-state index < -0.39 is 0 Å². The van der Waals surface area contributed by atoms with Crippen LogP contribution >= 0.6 is 12.4 Å². The Morgan fingerprint density at radius 3 is 2.48 bits per heavy atom. The van der Waals surface area contributed by atoms with E-state index in [1.54, 1.807) is 0 Å². The topological polar surface area (TPSA) is 21.7 Å².